The third-order valence-corrected chi connectivity index (χ3v) is 5.10. The van der Waals surface area contributed by atoms with Gasteiger partial charge in [0.05, 0.1) is 6.04 Å². The van der Waals surface area contributed by atoms with Crippen LogP contribution in [0.15, 0.2) is 12.1 Å². The third-order valence-electron chi connectivity index (χ3n) is 5.10. The minimum absolute atomic E-state index is 0.0187. The highest BCUT2D eigenvalue weighted by atomic mass is 19.1. The molecule has 2 aliphatic heterocycles. The molecular formula is C19H21F2N5O3. The number of benzene rings is 1. The molecule has 154 valence electrons. The zero-order valence-electron chi connectivity index (χ0n) is 15.9. The molecule has 10 heteroatoms. The van der Waals surface area contributed by atoms with E-state index in [1.54, 1.807) is 4.68 Å². The third kappa shape index (κ3) is 3.79. The van der Waals surface area contributed by atoms with Gasteiger partial charge in [0, 0.05) is 18.6 Å². The summed E-state index contributed by atoms with van der Waals surface area (Å²) in [5, 5.41) is 9.19. The SMILES string of the molecule is CCC[C@H]1CCCc2nc(C(=O)N[C@H]3COc4cc(F)cc(F)c4NC3=O)nn21. The first-order valence-corrected chi connectivity index (χ1v) is 9.65. The molecule has 0 saturated carbocycles. The second-order valence-electron chi connectivity index (χ2n) is 7.22. The van der Waals surface area contributed by atoms with Crippen molar-refractivity contribution >= 4 is 17.5 Å². The van der Waals surface area contributed by atoms with Crippen molar-refractivity contribution in [1.82, 2.24) is 20.1 Å². The molecule has 2 atom stereocenters. The van der Waals surface area contributed by atoms with Crippen molar-refractivity contribution in [3.8, 4) is 5.75 Å². The molecule has 8 nitrogen and oxygen atoms in total. The average molecular weight is 405 g/mol. The fraction of sp³-hybridized carbons (Fsp3) is 0.474. The summed E-state index contributed by atoms with van der Waals surface area (Å²) in [4.78, 5) is 29.3. The van der Waals surface area contributed by atoms with Gasteiger partial charge in [0.2, 0.25) is 5.82 Å². The van der Waals surface area contributed by atoms with Gasteiger partial charge in [-0.25, -0.2) is 18.4 Å². The van der Waals surface area contributed by atoms with Gasteiger partial charge < -0.3 is 15.4 Å². The number of nitrogens with one attached hydrogen (secondary N) is 2. The van der Waals surface area contributed by atoms with Gasteiger partial charge in [-0.15, -0.1) is 5.10 Å². The van der Waals surface area contributed by atoms with E-state index < -0.39 is 29.5 Å². The molecule has 0 radical (unpaired) electrons. The van der Waals surface area contributed by atoms with Crippen molar-refractivity contribution in [2.75, 3.05) is 11.9 Å². The minimum atomic E-state index is -1.11. The molecule has 4 rings (SSSR count). The molecule has 1 aromatic carbocycles. The Balaban J connectivity index is 1.49. The van der Waals surface area contributed by atoms with E-state index >= 15 is 0 Å². The zero-order chi connectivity index (χ0) is 20.5. The van der Waals surface area contributed by atoms with Crippen molar-refractivity contribution in [3.05, 3.63) is 35.4 Å². The molecule has 0 aliphatic carbocycles. The van der Waals surface area contributed by atoms with Crippen LogP contribution in [0.4, 0.5) is 14.5 Å². The topological polar surface area (TPSA) is 98.1 Å². The molecule has 2 amide bonds. The number of rotatable bonds is 4. The highest BCUT2D eigenvalue weighted by Crippen LogP contribution is 2.31. The fourth-order valence-electron chi connectivity index (χ4n) is 3.71. The lowest BCUT2D eigenvalue weighted by atomic mass is 10.0. The monoisotopic (exact) mass is 405 g/mol. The van der Waals surface area contributed by atoms with Crippen LogP contribution >= 0.6 is 0 Å². The van der Waals surface area contributed by atoms with E-state index in [9.17, 15) is 18.4 Å². The quantitative estimate of drug-likeness (QED) is 0.814. The fourth-order valence-corrected chi connectivity index (χ4v) is 3.71. The molecule has 2 aliphatic rings. The standard InChI is InChI=1S/C19H21F2N5O3/c1-2-4-11-5-3-6-15-23-17(25-26(11)15)19(28)22-13-9-29-14-8-10(20)7-12(21)16(14)24-18(13)27/h7-8,11,13H,2-6,9H2,1H3,(H,22,28)(H,24,27)/t11-,13-/m0/s1. The number of hydrogen-bond acceptors (Lipinski definition) is 5. The Morgan fingerprint density at radius 1 is 1.41 bits per heavy atom. The van der Waals surface area contributed by atoms with Gasteiger partial charge in [-0.3, -0.25) is 9.59 Å². The molecule has 0 unspecified atom stereocenters. The first kappa shape index (κ1) is 19.3. The van der Waals surface area contributed by atoms with Crippen molar-refractivity contribution in [3.63, 3.8) is 0 Å². The molecular weight excluding hydrogens is 384 g/mol. The van der Waals surface area contributed by atoms with Crippen LogP contribution < -0.4 is 15.4 Å². The molecule has 2 N–H and O–H groups in total. The maximum Gasteiger partial charge on any atom is 0.291 e. The Hall–Kier alpha value is -3.04. The summed E-state index contributed by atoms with van der Waals surface area (Å²) in [5.74, 6) is -2.47. The van der Waals surface area contributed by atoms with Gasteiger partial charge in [0.15, 0.2) is 5.82 Å². The number of aromatic nitrogens is 3. The highest BCUT2D eigenvalue weighted by Gasteiger charge is 2.31. The minimum Gasteiger partial charge on any atom is -0.488 e. The van der Waals surface area contributed by atoms with Crippen LogP contribution in [0.3, 0.4) is 0 Å². The number of fused-ring (bicyclic) bond motifs is 2. The molecule has 29 heavy (non-hydrogen) atoms. The van der Waals surface area contributed by atoms with Crippen molar-refractivity contribution in [2.24, 2.45) is 0 Å². The van der Waals surface area contributed by atoms with Crippen molar-refractivity contribution < 1.29 is 23.1 Å². The highest BCUT2D eigenvalue weighted by molar-refractivity contribution is 6.01. The van der Waals surface area contributed by atoms with Crippen LogP contribution in [0.1, 0.15) is 55.1 Å². The van der Waals surface area contributed by atoms with Gasteiger partial charge >= 0.3 is 0 Å². The molecule has 0 fully saturated rings. The molecule has 0 saturated heterocycles. The van der Waals surface area contributed by atoms with Gasteiger partial charge in [-0.2, -0.15) is 0 Å². The number of hydrogen-bond donors (Lipinski definition) is 2. The second kappa shape index (κ2) is 7.76. The summed E-state index contributed by atoms with van der Waals surface area (Å²) in [6, 6.07) is 0.731. The summed E-state index contributed by atoms with van der Waals surface area (Å²) >= 11 is 0. The largest absolute Gasteiger partial charge is 0.488 e. The van der Waals surface area contributed by atoms with E-state index in [2.05, 4.69) is 27.6 Å². The Morgan fingerprint density at radius 2 is 2.24 bits per heavy atom. The van der Waals surface area contributed by atoms with Gasteiger partial charge in [0.25, 0.3) is 11.8 Å². The maximum atomic E-state index is 13.9. The number of anilines is 1. The van der Waals surface area contributed by atoms with Crippen molar-refractivity contribution in [1.29, 1.82) is 0 Å². The summed E-state index contributed by atoms with van der Waals surface area (Å²) in [7, 11) is 0. The first-order chi connectivity index (χ1) is 14.0. The Bertz CT molecular complexity index is 962. The lowest BCUT2D eigenvalue weighted by Gasteiger charge is -2.22. The molecule has 1 aromatic heterocycles. The molecule has 0 spiro atoms. The Morgan fingerprint density at radius 3 is 3.03 bits per heavy atom. The number of amides is 2. The van der Waals surface area contributed by atoms with E-state index in [1.165, 1.54) is 0 Å². The smallest absolute Gasteiger partial charge is 0.291 e. The van der Waals surface area contributed by atoms with E-state index in [1.807, 2.05) is 0 Å². The van der Waals surface area contributed by atoms with Gasteiger partial charge in [-0.05, 0) is 19.3 Å². The first-order valence-electron chi connectivity index (χ1n) is 9.65. The van der Waals surface area contributed by atoms with E-state index in [0.29, 0.717) is 6.07 Å². The van der Waals surface area contributed by atoms with Crippen LogP contribution in [0.25, 0.3) is 0 Å². The lowest BCUT2D eigenvalue weighted by Crippen LogP contribution is -2.46. The van der Waals surface area contributed by atoms with Crippen LogP contribution in [0.2, 0.25) is 0 Å². The number of carbonyl (C=O) groups excluding carboxylic acids is 2. The van der Waals surface area contributed by atoms with Crippen LogP contribution in [-0.4, -0.2) is 39.2 Å². The Labute approximate surface area is 165 Å². The van der Waals surface area contributed by atoms with E-state index in [-0.39, 0.29) is 29.9 Å². The van der Waals surface area contributed by atoms with Crippen molar-refractivity contribution in [2.45, 2.75) is 51.1 Å². The van der Waals surface area contributed by atoms with E-state index in [4.69, 9.17) is 4.74 Å². The predicted octanol–water partition coefficient (Wildman–Crippen LogP) is 2.36. The average Bonchev–Trinajstić information content (AvgIpc) is 3.06. The number of nitrogens with zero attached hydrogens (tertiary/aromatic N) is 3. The number of carbonyl (C=O) groups is 2. The zero-order valence-corrected chi connectivity index (χ0v) is 15.9. The normalized spacial score (nSPS) is 20.7. The molecule has 0 bridgehead atoms. The molecule has 2 aromatic rings. The van der Waals surface area contributed by atoms with Crippen LogP contribution in [-0.2, 0) is 11.2 Å². The summed E-state index contributed by atoms with van der Waals surface area (Å²) in [6.45, 7) is 1.82. The summed E-state index contributed by atoms with van der Waals surface area (Å²) < 4.78 is 34.5. The number of halogens is 2. The summed E-state index contributed by atoms with van der Waals surface area (Å²) in [6.07, 6.45) is 4.68. The van der Waals surface area contributed by atoms with Gasteiger partial charge in [-0.1, -0.05) is 13.3 Å². The van der Waals surface area contributed by atoms with Crippen LogP contribution in [0.5, 0.6) is 5.75 Å². The summed E-state index contributed by atoms with van der Waals surface area (Å²) in [5.41, 5.74) is -0.258. The van der Waals surface area contributed by atoms with Crippen LogP contribution in [0, 0.1) is 11.6 Å². The molecule has 3 heterocycles. The van der Waals surface area contributed by atoms with E-state index in [0.717, 1.165) is 44.0 Å². The number of ether oxygens (including phenoxy) is 1. The second-order valence-corrected chi connectivity index (χ2v) is 7.22. The lowest BCUT2D eigenvalue weighted by molar-refractivity contribution is -0.118. The predicted molar refractivity (Wildman–Crippen MR) is 98.6 cm³/mol. The maximum absolute atomic E-state index is 13.9. The number of aryl methyl sites for hydroxylation is 1. The Kier molecular flexibility index (Phi) is 5.16. The van der Waals surface area contributed by atoms with Gasteiger partial charge in [0.1, 0.15) is 35.7 Å².